The topological polar surface area (TPSA) is 25.2 Å². The van der Waals surface area contributed by atoms with Crippen molar-refractivity contribution < 1.29 is 4.42 Å². The summed E-state index contributed by atoms with van der Waals surface area (Å²) in [4.78, 5) is 0. The molecule has 0 aliphatic carbocycles. The Balaban J connectivity index is 2.34. The minimum Gasteiger partial charge on any atom is -0.466 e. The fourth-order valence-corrected chi connectivity index (χ4v) is 3.10. The van der Waals surface area contributed by atoms with Crippen molar-refractivity contribution in [1.82, 2.24) is 5.32 Å². The van der Waals surface area contributed by atoms with Crippen LogP contribution in [0.25, 0.3) is 0 Å². The largest absolute Gasteiger partial charge is 0.466 e. The van der Waals surface area contributed by atoms with Crippen LogP contribution in [0.3, 0.4) is 0 Å². The van der Waals surface area contributed by atoms with E-state index >= 15 is 0 Å². The maximum absolute atomic E-state index is 5.67. The molecule has 0 spiro atoms. The Labute approximate surface area is 122 Å². The summed E-state index contributed by atoms with van der Waals surface area (Å²) in [5, 5.41) is 3.43. The van der Waals surface area contributed by atoms with Crippen LogP contribution in [0.5, 0.6) is 0 Å². The molecule has 0 saturated carbocycles. The number of nitrogens with one attached hydrogen (secondary N) is 1. The molecule has 0 bridgehead atoms. The lowest BCUT2D eigenvalue weighted by molar-refractivity contribution is 0.490. The summed E-state index contributed by atoms with van der Waals surface area (Å²) in [7, 11) is 2.02. The van der Waals surface area contributed by atoms with Crippen LogP contribution in [-0.2, 0) is 6.42 Å². The molecule has 108 valence electrons. The van der Waals surface area contributed by atoms with Gasteiger partial charge in [0.15, 0.2) is 0 Å². The lowest BCUT2D eigenvalue weighted by Crippen LogP contribution is -2.20. The second-order valence-electron chi connectivity index (χ2n) is 5.79. The van der Waals surface area contributed by atoms with E-state index in [0.29, 0.717) is 6.04 Å². The maximum Gasteiger partial charge on any atom is 0.105 e. The van der Waals surface area contributed by atoms with Gasteiger partial charge in [-0.3, -0.25) is 0 Å². The standard InChI is InChI=1S/C18H25NO/c1-11-7-12(2)16(13(3)8-11)10-18(19-6)17-9-14(4)20-15(17)5/h7-9,18-19H,10H2,1-6H3. The Hall–Kier alpha value is -1.54. The van der Waals surface area contributed by atoms with E-state index in [1.807, 2.05) is 20.9 Å². The number of likely N-dealkylation sites (N-methyl/N-ethyl adjacent to an activating group) is 1. The average Bonchev–Trinajstić information content (AvgIpc) is 2.67. The third kappa shape index (κ3) is 2.96. The lowest BCUT2D eigenvalue weighted by atomic mass is 9.92. The number of hydrogen-bond donors (Lipinski definition) is 1. The molecular weight excluding hydrogens is 246 g/mol. The van der Waals surface area contributed by atoms with E-state index in [2.05, 4.69) is 44.3 Å². The van der Waals surface area contributed by atoms with Gasteiger partial charge < -0.3 is 9.73 Å². The monoisotopic (exact) mass is 271 g/mol. The summed E-state index contributed by atoms with van der Waals surface area (Å²) < 4.78 is 5.67. The van der Waals surface area contributed by atoms with E-state index in [1.165, 1.54) is 27.8 Å². The van der Waals surface area contributed by atoms with E-state index in [1.54, 1.807) is 0 Å². The smallest absolute Gasteiger partial charge is 0.105 e. The van der Waals surface area contributed by atoms with Crippen LogP contribution in [0.1, 0.15) is 45.4 Å². The van der Waals surface area contributed by atoms with Gasteiger partial charge in [0.05, 0.1) is 0 Å². The van der Waals surface area contributed by atoms with Crippen LogP contribution in [0.15, 0.2) is 22.6 Å². The second kappa shape index (κ2) is 5.84. The van der Waals surface area contributed by atoms with Crippen molar-refractivity contribution in [3.63, 3.8) is 0 Å². The summed E-state index contributed by atoms with van der Waals surface area (Å²) in [6.45, 7) is 10.6. The van der Waals surface area contributed by atoms with Crippen LogP contribution in [0, 0.1) is 34.6 Å². The van der Waals surface area contributed by atoms with E-state index in [0.717, 1.165) is 17.9 Å². The highest BCUT2D eigenvalue weighted by molar-refractivity contribution is 5.39. The van der Waals surface area contributed by atoms with Crippen molar-refractivity contribution in [2.24, 2.45) is 0 Å². The molecule has 1 heterocycles. The first-order valence-corrected chi connectivity index (χ1v) is 7.23. The van der Waals surface area contributed by atoms with Gasteiger partial charge in [-0.1, -0.05) is 17.7 Å². The molecule has 0 amide bonds. The minimum atomic E-state index is 0.299. The summed E-state index contributed by atoms with van der Waals surface area (Å²) >= 11 is 0. The van der Waals surface area contributed by atoms with E-state index in [9.17, 15) is 0 Å². The van der Waals surface area contributed by atoms with Crippen LogP contribution in [0.2, 0.25) is 0 Å². The van der Waals surface area contributed by atoms with Crippen LogP contribution in [0.4, 0.5) is 0 Å². The fourth-order valence-electron chi connectivity index (χ4n) is 3.10. The number of benzene rings is 1. The molecule has 1 unspecified atom stereocenters. The van der Waals surface area contributed by atoms with Gasteiger partial charge in [0.1, 0.15) is 11.5 Å². The van der Waals surface area contributed by atoms with Crippen molar-refractivity contribution in [1.29, 1.82) is 0 Å². The Morgan fingerprint density at radius 3 is 2.05 bits per heavy atom. The summed E-state index contributed by atoms with van der Waals surface area (Å²) in [6, 6.07) is 6.98. The van der Waals surface area contributed by atoms with Crippen molar-refractivity contribution in [2.45, 2.75) is 47.1 Å². The summed E-state index contributed by atoms with van der Waals surface area (Å²) in [5.74, 6) is 2.00. The minimum absolute atomic E-state index is 0.299. The van der Waals surface area contributed by atoms with Crippen LogP contribution in [-0.4, -0.2) is 7.05 Å². The zero-order chi connectivity index (χ0) is 14.9. The number of hydrogen-bond acceptors (Lipinski definition) is 2. The van der Waals surface area contributed by atoms with Gasteiger partial charge in [-0.15, -0.1) is 0 Å². The molecular formula is C18H25NO. The third-order valence-corrected chi connectivity index (χ3v) is 4.05. The van der Waals surface area contributed by atoms with Gasteiger partial charge in [-0.05, 0) is 70.8 Å². The van der Waals surface area contributed by atoms with E-state index in [4.69, 9.17) is 4.42 Å². The molecule has 0 aliphatic heterocycles. The average molecular weight is 271 g/mol. The molecule has 1 atom stereocenters. The highest BCUT2D eigenvalue weighted by Crippen LogP contribution is 2.27. The predicted octanol–water partition coefficient (Wildman–Crippen LogP) is 4.32. The molecule has 2 aromatic rings. The zero-order valence-electron chi connectivity index (χ0n) is 13.4. The summed E-state index contributed by atoms with van der Waals surface area (Å²) in [5.41, 5.74) is 6.79. The maximum atomic E-state index is 5.67. The van der Waals surface area contributed by atoms with Gasteiger partial charge in [-0.25, -0.2) is 0 Å². The Bertz CT molecular complexity index is 587. The first-order valence-electron chi connectivity index (χ1n) is 7.23. The molecule has 0 radical (unpaired) electrons. The van der Waals surface area contributed by atoms with Gasteiger partial charge in [0, 0.05) is 11.6 Å². The molecule has 20 heavy (non-hydrogen) atoms. The Kier molecular flexibility index (Phi) is 4.34. The number of furan rings is 1. The zero-order valence-corrected chi connectivity index (χ0v) is 13.4. The Morgan fingerprint density at radius 1 is 1.00 bits per heavy atom. The van der Waals surface area contributed by atoms with Gasteiger partial charge in [0.2, 0.25) is 0 Å². The molecule has 2 heteroatoms. The van der Waals surface area contributed by atoms with Crippen molar-refractivity contribution in [2.75, 3.05) is 7.05 Å². The predicted molar refractivity (Wildman–Crippen MR) is 84.3 cm³/mol. The third-order valence-electron chi connectivity index (χ3n) is 4.05. The van der Waals surface area contributed by atoms with Gasteiger partial charge in [0.25, 0.3) is 0 Å². The SMILES string of the molecule is CNC(Cc1c(C)cc(C)cc1C)c1cc(C)oc1C. The van der Waals surface area contributed by atoms with Gasteiger partial charge >= 0.3 is 0 Å². The van der Waals surface area contributed by atoms with Crippen molar-refractivity contribution >= 4 is 0 Å². The van der Waals surface area contributed by atoms with Crippen molar-refractivity contribution in [3.05, 3.63) is 57.5 Å². The first kappa shape index (κ1) is 14.9. The van der Waals surface area contributed by atoms with E-state index < -0.39 is 0 Å². The van der Waals surface area contributed by atoms with Crippen LogP contribution < -0.4 is 5.32 Å². The van der Waals surface area contributed by atoms with Crippen molar-refractivity contribution in [3.8, 4) is 0 Å². The quantitative estimate of drug-likeness (QED) is 0.895. The normalized spacial score (nSPS) is 12.7. The first-order chi connectivity index (χ1) is 9.42. The molecule has 0 saturated heterocycles. The molecule has 0 aliphatic rings. The Morgan fingerprint density at radius 2 is 1.60 bits per heavy atom. The number of aryl methyl sites for hydroxylation is 5. The molecule has 1 N–H and O–H groups in total. The molecule has 2 nitrogen and oxygen atoms in total. The molecule has 2 rings (SSSR count). The molecule has 1 aromatic carbocycles. The highest BCUT2D eigenvalue weighted by atomic mass is 16.3. The molecule has 1 aromatic heterocycles. The second-order valence-corrected chi connectivity index (χ2v) is 5.79. The lowest BCUT2D eigenvalue weighted by Gasteiger charge is -2.19. The van der Waals surface area contributed by atoms with Gasteiger partial charge in [-0.2, -0.15) is 0 Å². The fraction of sp³-hybridized carbons (Fsp3) is 0.444. The van der Waals surface area contributed by atoms with E-state index in [-0.39, 0.29) is 0 Å². The molecule has 0 fully saturated rings. The van der Waals surface area contributed by atoms with Crippen LogP contribution >= 0.6 is 0 Å². The highest BCUT2D eigenvalue weighted by Gasteiger charge is 2.18. The number of rotatable bonds is 4. The summed E-state index contributed by atoms with van der Waals surface area (Å²) in [6.07, 6.45) is 0.994.